The molecule has 6 nitrogen and oxygen atoms in total. The van der Waals surface area contributed by atoms with Gasteiger partial charge in [-0.1, -0.05) is 0 Å². The number of nitrogens with two attached hydrogens (primary N) is 1. The molecule has 1 heterocycles. The van der Waals surface area contributed by atoms with Crippen molar-refractivity contribution in [1.82, 2.24) is 15.5 Å². The zero-order valence-electron chi connectivity index (χ0n) is 12.1. The van der Waals surface area contributed by atoms with Gasteiger partial charge in [-0.3, -0.25) is 15.0 Å². The lowest BCUT2D eigenvalue weighted by molar-refractivity contribution is -0.125. The lowest BCUT2D eigenvalue weighted by atomic mass is 9.97. The molecule has 19 heavy (non-hydrogen) atoms. The Bertz CT molecular complexity index is 314. The third kappa shape index (κ3) is 5.16. The second-order valence-corrected chi connectivity index (χ2v) is 5.53. The van der Waals surface area contributed by atoms with Crippen LogP contribution in [0.15, 0.2) is 0 Å². The third-order valence-electron chi connectivity index (χ3n) is 3.65. The largest absolute Gasteiger partial charge is 0.351 e. The lowest BCUT2D eigenvalue weighted by Gasteiger charge is -2.36. The maximum absolute atomic E-state index is 11.9. The summed E-state index contributed by atoms with van der Waals surface area (Å²) in [5.74, 6) is 0.227. The van der Waals surface area contributed by atoms with Crippen LogP contribution in [0.3, 0.4) is 0 Å². The van der Waals surface area contributed by atoms with Crippen LogP contribution in [0, 0.1) is 5.92 Å². The molecule has 1 rings (SSSR count). The molecule has 2 unspecified atom stereocenters. The molecule has 110 valence electrons. The molecule has 4 N–H and O–H groups in total. The first-order valence-corrected chi connectivity index (χ1v) is 6.98. The number of amides is 3. The van der Waals surface area contributed by atoms with Gasteiger partial charge in [0.15, 0.2) is 0 Å². The van der Waals surface area contributed by atoms with E-state index in [2.05, 4.69) is 29.4 Å². The minimum atomic E-state index is -0.792. The number of hydrogen-bond donors (Lipinski definition) is 3. The molecule has 0 radical (unpaired) electrons. The lowest BCUT2D eigenvalue weighted by Crippen LogP contribution is -2.53. The molecule has 1 fully saturated rings. The van der Waals surface area contributed by atoms with Gasteiger partial charge in [0.25, 0.3) is 0 Å². The van der Waals surface area contributed by atoms with Crippen molar-refractivity contribution in [3.8, 4) is 0 Å². The van der Waals surface area contributed by atoms with Gasteiger partial charge < -0.3 is 11.1 Å². The quantitative estimate of drug-likeness (QED) is 0.669. The number of carbonyl (C=O) groups is 2. The van der Waals surface area contributed by atoms with Gasteiger partial charge in [0, 0.05) is 12.6 Å². The molecule has 0 aliphatic carbocycles. The Morgan fingerprint density at radius 3 is 2.58 bits per heavy atom. The van der Waals surface area contributed by atoms with Gasteiger partial charge in [0.1, 0.15) is 0 Å². The molecule has 1 aliphatic heterocycles. The van der Waals surface area contributed by atoms with Crippen LogP contribution in [-0.4, -0.2) is 48.6 Å². The number of rotatable bonds is 5. The molecule has 3 amide bonds. The van der Waals surface area contributed by atoms with Gasteiger partial charge in [0.05, 0.1) is 6.04 Å². The van der Waals surface area contributed by atoms with E-state index in [0.29, 0.717) is 5.92 Å². The van der Waals surface area contributed by atoms with E-state index in [0.717, 1.165) is 19.6 Å². The van der Waals surface area contributed by atoms with Gasteiger partial charge in [-0.05, 0) is 52.6 Å². The molecule has 2 atom stereocenters. The van der Waals surface area contributed by atoms with Crippen LogP contribution in [0.1, 0.15) is 33.6 Å². The molecule has 1 aliphatic rings. The summed E-state index contributed by atoms with van der Waals surface area (Å²) in [4.78, 5) is 24.8. The first-order chi connectivity index (χ1) is 8.91. The Morgan fingerprint density at radius 2 is 2.11 bits per heavy atom. The standard InChI is InChI=1S/C13H26N4O2/c1-9(2)17(8-11-5-4-6-15-7-11)10(3)12(18)16-13(14)19/h9-11,15H,4-8H2,1-3H3,(H3,14,16,18,19). The fourth-order valence-corrected chi connectivity index (χ4v) is 2.57. The zero-order valence-corrected chi connectivity index (χ0v) is 12.1. The monoisotopic (exact) mass is 270 g/mol. The highest BCUT2D eigenvalue weighted by molar-refractivity contribution is 5.96. The van der Waals surface area contributed by atoms with Crippen LogP contribution in [0.4, 0.5) is 4.79 Å². The van der Waals surface area contributed by atoms with Crippen molar-refractivity contribution in [3.63, 3.8) is 0 Å². The second-order valence-electron chi connectivity index (χ2n) is 5.53. The number of nitrogens with zero attached hydrogens (tertiary/aromatic N) is 1. The summed E-state index contributed by atoms with van der Waals surface area (Å²) in [7, 11) is 0. The Hall–Kier alpha value is -1.14. The maximum Gasteiger partial charge on any atom is 0.318 e. The van der Waals surface area contributed by atoms with E-state index in [9.17, 15) is 9.59 Å². The van der Waals surface area contributed by atoms with Gasteiger partial charge >= 0.3 is 6.03 Å². The van der Waals surface area contributed by atoms with E-state index in [1.165, 1.54) is 12.8 Å². The Morgan fingerprint density at radius 1 is 1.42 bits per heavy atom. The zero-order chi connectivity index (χ0) is 14.4. The highest BCUT2D eigenvalue weighted by Crippen LogP contribution is 2.16. The number of carbonyl (C=O) groups excluding carboxylic acids is 2. The Labute approximate surface area is 115 Å². The van der Waals surface area contributed by atoms with Gasteiger partial charge in [-0.25, -0.2) is 4.79 Å². The molecule has 0 aromatic heterocycles. The molecule has 0 aromatic rings. The number of imide groups is 1. The Balaban J connectivity index is 2.59. The van der Waals surface area contributed by atoms with E-state index in [-0.39, 0.29) is 18.0 Å². The van der Waals surface area contributed by atoms with E-state index < -0.39 is 6.03 Å². The SMILES string of the molecule is CC(C)N(CC1CCCNC1)C(C)C(=O)NC(N)=O. The fraction of sp³-hybridized carbons (Fsp3) is 0.846. The highest BCUT2D eigenvalue weighted by atomic mass is 16.2. The van der Waals surface area contributed by atoms with E-state index in [1.807, 2.05) is 6.92 Å². The maximum atomic E-state index is 11.9. The topological polar surface area (TPSA) is 87.5 Å². The van der Waals surface area contributed by atoms with Crippen molar-refractivity contribution >= 4 is 11.9 Å². The van der Waals surface area contributed by atoms with Crippen LogP contribution in [0.5, 0.6) is 0 Å². The highest BCUT2D eigenvalue weighted by Gasteiger charge is 2.27. The molecular formula is C13H26N4O2. The number of urea groups is 1. The van der Waals surface area contributed by atoms with Crippen molar-refractivity contribution in [2.75, 3.05) is 19.6 Å². The average Bonchev–Trinajstić information content (AvgIpc) is 2.35. The van der Waals surface area contributed by atoms with E-state index in [1.54, 1.807) is 0 Å². The summed E-state index contributed by atoms with van der Waals surface area (Å²) in [6.07, 6.45) is 2.36. The fourth-order valence-electron chi connectivity index (χ4n) is 2.57. The van der Waals surface area contributed by atoms with E-state index >= 15 is 0 Å². The second kappa shape index (κ2) is 7.45. The molecule has 0 saturated carbocycles. The first kappa shape index (κ1) is 15.9. The molecule has 0 bridgehead atoms. The molecule has 1 saturated heterocycles. The van der Waals surface area contributed by atoms with Crippen molar-refractivity contribution in [3.05, 3.63) is 0 Å². The van der Waals surface area contributed by atoms with Gasteiger partial charge in [-0.15, -0.1) is 0 Å². The van der Waals surface area contributed by atoms with Crippen molar-refractivity contribution in [2.45, 2.75) is 45.7 Å². The Kier molecular flexibility index (Phi) is 6.24. The predicted molar refractivity (Wildman–Crippen MR) is 74.6 cm³/mol. The molecule has 6 heteroatoms. The third-order valence-corrected chi connectivity index (χ3v) is 3.65. The smallest absolute Gasteiger partial charge is 0.318 e. The van der Waals surface area contributed by atoms with Crippen LogP contribution >= 0.6 is 0 Å². The number of primary amides is 1. The summed E-state index contributed by atoms with van der Waals surface area (Å²) in [5, 5.41) is 5.54. The normalized spacial score (nSPS) is 21.4. The first-order valence-electron chi connectivity index (χ1n) is 6.98. The van der Waals surface area contributed by atoms with Gasteiger partial charge in [-0.2, -0.15) is 0 Å². The minimum Gasteiger partial charge on any atom is -0.351 e. The van der Waals surface area contributed by atoms with Crippen molar-refractivity contribution < 1.29 is 9.59 Å². The summed E-state index contributed by atoms with van der Waals surface area (Å²) in [6, 6.07) is -0.898. The van der Waals surface area contributed by atoms with Crippen LogP contribution < -0.4 is 16.4 Å². The van der Waals surface area contributed by atoms with E-state index in [4.69, 9.17) is 5.73 Å². The molecule has 0 aromatic carbocycles. The van der Waals surface area contributed by atoms with Crippen LogP contribution in [-0.2, 0) is 4.79 Å². The number of nitrogens with one attached hydrogen (secondary N) is 2. The number of hydrogen-bond acceptors (Lipinski definition) is 4. The van der Waals surface area contributed by atoms with Crippen molar-refractivity contribution in [2.24, 2.45) is 11.7 Å². The summed E-state index contributed by atoms with van der Waals surface area (Å²) >= 11 is 0. The van der Waals surface area contributed by atoms with Crippen molar-refractivity contribution in [1.29, 1.82) is 0 Å². The van der Waals surface area contributed by atoms with Gasteiger partial charge in [0.2, 0.25) is 5.91 Å². The average molecular weight is 270 g/mol. The molecular weight excluding hydrogens is 244 g/mol. The van der Waals surface area contributed by atoms with Crippen LogP contribution in [0.25, 0.3) is 0 Å². The summed E-state index contributed by atoms with van der Waals surface area (Å²) < 4.78 is 0. The summed E-state index contributed by atoms with van der Waals surface area (Å²) in [5.41, 5.74) is 4.99. The predicted octanol–water partition coefficient (Wildman–Crippen LogP) is 0.280. The number of piperidine rings is 1. The van der Waals surface area contributed by atoms with Crippen LogP contribution in [0.2, 0.25) is 0 Å². The summed E-state index contributed by atoms with van der Waals surface area (Å²) in [6.45, 7) is 8.87. The minimum absolute atomic E-state index is 0.246. The molecule has 0 spiro atoms.